The summed E-state index contributed by atoms with van der Waals surface area (Å²) in [5, 5.41) is 12.9. The summed E-state index contributed by atoms with van der Waals surface area (Å²) in [6.45, 7) is 0. The second-order valence-electron chi connectivity index (χ2n) is 4.16. The molecule has 2 saturated carbocycles. The molecule has 2 aliphatic rings. The number of nitrogens with one attached hydrogen (secondary N) is 3. The molecule has 0 radical (unpaired) electrons. The average Bonchev–Trinajstić information content (AvgIpc) is 2.93. The highest BCUT2D eigenvalue weighted by Crippen LogP contribution is 2.32. The topological polar surface area (TPSA) is 91.0 Å². The van der Waals surface area contributed by atoms with E-state index >= 15 is 0 Å². The molecule has 78 valence electrons. The lowest BCUT2D eigenvalue weighted by atomic mass is 10.2. The van der Waals surface area contributed by atoms with Crippen molar-refractivity contribution in [3.05, 3.63) is 0 Å². The van der Waals surface area contributed by atoms with Crippen LogP contribution in [0.25, 0.3) is 0 Å². The number of amidine groups is 1. The van der Waals surface area contributed by atoms with E-state index in [1.165, 1.54) is 0 Å². The summed E-state index contributed by atoms with van der Waals surface area (Å²) >= 11 is 0. The fourth-order valence-corrected chi connectivity index (χ4v) is 1.48. The zero-order chi connectivity index (χ0) is 10.1. The molecule has 2 rings (SSSR count). The number of hydrogen-bond acceptors (Lipinski definition) is 2. The van der Waals surface area contributed by atoms with E-state index in [0.29, 0.717) is 12.0 Å². The lowest BCUT2D eigenvalue weighted by Gasteiger charge is -2.16. The van der Waals surface area contributed by atoms with Gasteiger partial charge in [-0.2, -0.15) is 0 Å². The van der Waals surface area contributed by atoms with E-state index < -0.39 is 0 Å². The van der Waals surface area contributed by atoms with Crippen LogP contribution in [0.3, 0.4) is 0 Å². The van der Waals surface area contributed by atoms with Crippen LogP contribution in [0.2, 0.25) is 0 Å². The molecular weight excluding hydrogens is 180 g/mol. The van der Waals surface area contributed by atoms with E-state index in [4.69, 9.17) is 11.1 Å². The zero-order valence-electron chi connectivity index (χ0n) is 8.05. The van der Waals surface area contributed by atoms with Crippen LogP contribution in [0.4, 0.5) is 4.79 Å². The highest BCUT2D eigenvalue weighted by Gasteiger charge is 2.35. The number of nitrogens with two attached hydrogens (primary N) is 1. The van der Waals surface area contributed by atoms with Gasteiger partial charge >= 0.3 is 6.03 Å². The molecule has 5 nitrogen and oxygen atoms in total. The summed E-state index contributed by atoms with van der Waals surface area (Å²) in [6, 6.07) is -0.0878. The Hall–Kier alpha value is -1.26. The van der Waals surface area contributed by atoms with Crippen LogP contribution in [0.1, 0.15) is 25.7 Å². The molecular formula is C9H16N4O. The van der Waals surface area contributed by atoms with Gasteiger partial charge in [0.1, 0.15) is 5.84 Å². The molecule has 0 aromatic heterocycles. The van der Waals surface area contributed by atoms with Gasteiger partial charge in [0.2, 0.25) is 0 Å². The fraction of sp³-hybridized carbons (Fsp3) is 0.778. The third-order valence-corrected chi connectivity index (χ3v) is 2.63. The summed E-state index contributed by atoms with van der Waals surface area (Å²) in [7, 11) is 0. The van der Waals surface area contributed by atoms with E-state index in [1.54, 1.807) is 0 Å². The Kier molecular flexibility index (Phi) is 2.31. The number of carbonyl (C=O) groups excluding carboxylic acids is 1. The van der Waals surface area contributed by atoms with Crippen molar-refractivity contribution < 1.29 is 4.79 Å². The minimum Gasteiger partial charge on any atom is -0.386 e. The van der Waals surface area contributed by atoms with Gasteiger partial charge in [0.15, 0.2) is 0 Å². The first kappa shape index (κ1) is 9.30. The number of hydrogen-bond donors (Lipinski definition) is 4. The normalized spacial score (nSPS) is 22.6. The predicted molar refractivity (Wildman–Crippen MR) is 53.1 cm³/mol. The van der Waals surface area contributed by atoms with Crippen molar-refractivity contribution in [2.24, 2.45) is 11.7 Å². The van der Waals surface area contributed by atoms with Crippen LogP contribution < -0.4 is 16.4 Å². The van der Waals surface area contributed by atoms with Crippen LogP contribution in [0.15, 0.2) is 0 Å². The highest BCUT2D eigenvalue weighted by atomic mass is 16.2. The predicted octanol–water partition coefficient (Wildman–Crippen LogP) is 0.163. The van der Waals surface area contributed by atoms with Crippen LogP contribution in [0, 0.1) is 11.3 Å². The first-order chi connectivity index (χ1) is 6.66. The van der Waals surface area contributed by atoms with Crippen LogP contribution in [-0.4, -0.2) is 24.0 Å². The van der Waals surface area contributed by atoms with Gasteiger partial charge in [0.05, 0.1) is 6.04 Å². The highest BCUT2D eigenvalue weighted by molar-refractivity contribution is 5.88. The Morgan fingerprint density at radius 1 is 1.36 bits per heavy atom. The van der Waals surface area contributed by atoms with Crippen LogP contribution >= 0.6 is 0 Å². The summed E-state index contributed by atoms with van der Waals surface area (Å²) < 4.78 is 0. The minimum atomic E-state index is -0.256. The maximum atomic E-state index is 11.4. The zero-order valence-corrected chi connectivity index (χ0v) is 8.05. The van der Waals surface area contributed by atoms with E-state index in [2.05, 4.69) is 10.6 Å². The summed E-state index contributed by atoms with van der Waals surface area (Å²) in [5.74, 6) is 0.455. The minimum absolute atomic E-state index is 0.0680. The molecule has 1 atom stereocenters. The van der Waals surface area contributed by atoms with Gasteiger partial charge in [0, 0.05) is 6.04 Å². The van der Waals surface area contributed by atoms with Crippen molar-refractivity contribution >= 4 is 11.9 Å². The molecule has 0 saturated heterocycles. The standard InChI is InChI=1S/C9H16N4O/c10-8(11)7(5-1-2-5)13-9(14)12-6-3-4-6/h5-7H,1-4H2,(H3,10,11)(H2,12,13,14). The van der Waals surface area contributed by atoms with Gasteiger partial charge < -0.3 is 16.4 Å². The second kappa shape index (κ2) is 3.48. The van der Waals surface area contributed by atoms with Gasteiger partial charge in [-0.15, -0.1) is 0 Å². The molecule has 0 aliphatic heterocycles. The van der Waals surface area contributed by atoms with Crippen molar-refractivity contribution in [1.29, 1.82) is 5.41 Å². The Morgan fingerprint density at radius 2 is 2.00 bits per heavy atom. The third kappa shape index (κ3) is 2.37. The molecule has 0 spiro atoms. The van der Waals surface area contributed by atoms with Crippen molar-refractivity contribution in [3.63, 3.8) is 0 Å². The fourth-order valence-electron chi connectivity index (χ4n) is 1.48. The molecule has 0 aromatic carbocycles. The third-order valence-electron chi connectivity index (χ3n) is 2.63. The van der Waals surface area contributed by atoms with Crippen molar-refractivity contribution in [3.8, 4) is 0 Å². The SMILES string of the molecule is N=C(N)C(NC(=O)NC1CC1)C1CC1. The molecule has 0 heterocycles. The molecule has 5 N–H and O–H groups in total. The Morgan fingerprint density at radius 3 is 2.43 bits per heavy atom. The smallest absolute Gasteiger partial charge is 0.315 e. The molecule has 2 fully saturated rings. The maximum absolute atomic E-state index is 11.4. The van der Waals surface area contributed by atoms with Crippen LogP contribution in [-0.2, 0) is 0 Å². The lowest BCUT2D eigenvalue weighted by molar-refractivity contribution is 0.238. The van der Waals surface area contributed by atoms with Gasteiger partial charge in [-0.05, 0) is 31.6 Å². The van der Waals surface area contributed by atoms with E-state index in [1.807, 2.05) is 0 Å². The molecule has 2 amide bonds. The number of carbonyl (C=O) groups is 1. The van der Waals surface area contributed by atoms with Gasteiger partial charge in [0.25, 0.3) is 0 Å². The summed E-state index contributed by atoms with van der Waals surface area (Å²) in [5.41, 5.74) is 5.41. The monoisotopic (exact) mass is 196 g/mol. The first-order valence-corrected chi connectivity index (χ1v) is 5.08. The molecule has 0 aromatic rings. The summed E-state index contributed by atoms with van der Waals surface area (Å²) in [4.78, 5) is 11.4. The van der Waals surface area contributed by atoms with Gasteiger partial charge in [-0.25, -0.2) is 4.79 Å². The van der Waals surface area contributed by atoms with E-state index in [0.717, 1.165) is 25.7 Å². The molecule has 2 aliphatic carbocycles. The maximum Gasteiger partial charge on any atom is 0.315 e. The lowest BCUT2D eigenvalue weighted by Crippen LogP contribution is -2.49. The number of rotatable bonds is 4. The molecule has 5 heteroatoms. The van der Waals surface area contributed by atoms with E-state index in [9.17, 15) is 4.79 Å². The molecule has 1 unspecified atom stereocenters. The first-order valence-electron chi connectivity index (χ1n) is 5.08. The Balaban J connectivity index is 1.79. The Labute approximate surface area is 82.9 Å². The average molecular weight is 196 g/mol. The van der Waals surface area contributed by atoms with Gasteiger partial charge in [-0.3, -0.25) is 5.41 Å². The number of urea groups is 1. The molecule has 0 bridgehead atoms. The second-order valence-corrected chi connectivity index (χ2v) is 4.16. The largest absolute Gasteiger partial charge is 0.386 e. The quantitative estimate of drug-likeness (QED) is 0.381. The van der Waals surface area contributed by atoms with Crippen molar-refractivity contribution in [2.45, 2.75) is 37.8 Å². The van der Waals surface area contributed by atoms with Crippen molar-refractivity contribution in [2.75, 3.05) is 0 Å². The van der Waals surface area contributed by atoms with E-state index in [-0.39, 0.29) is 17.9 Å². The summed E-state index contributed by atoms with van der Waals surface area (Å²) in [6.07, 6.45) is 4.27. The molecule has 14 heavy (non-hydrogen) atoms. The number of amides is 2. The van der Waals surface area contributed by atoms with Crippen LogP contribution in [0.5, 0.6) is 0 Å². The Bertz CT molecular complexity index is 258. The van der Waals surface area contributed by atoms with Gasteiger partial charge in [-0.1, -0.05) is 0 Å². The van der Waals surface area contributed by atoms with Crippen molar-refractivity contribution in [1.82, 2.24) is 10.6 Å².